The molecule has 1 heterocycles. The minimum atomic E-state index is -3.02. The molecule has 136 valence electrons. The van der Waals surface area contributed by atoms with E-state index in [4.69, 9.17) is 5.11 Å². The maximum Gasteiger partial charge on any atom is 0.303 e. The van der Waals surface area contributed by atoms with Crippen LogP contribution in [0.2, 0.25) is 0 Å². The number of carboxylic acid groups (broad SMARTS) is 1. The zero-order valence-electron chi connectivity index (χ0n) is 14.4. The molecule has 0 saturated carbocycles. The number of carboxylic acids is 1. The number of rotatable bonds is 12. The van der Waals surface area contributed by atoms with E-state index in [1.54, 1.807) is 11.2 Å². The molecule has 0 aromatic heterocycles. The summed E-state index contributed by atoms with van der Waals surface area (Å²) in [7, 11) is -3.02. The molecular weight excluding hydrogens is 316 g/mol. The van der Waals surface area contributed by atoms with E-state index in [2.05, 4.69) is 4.90 Å². The molecule has 1 rings (SSSR count). The third-order valence-electron chi connectivity index (χ3n) is 4.45. The van der Waals surface area contributed by atoms with Gasteiger partial charge in [0.05, 0.1) is 5.75 Å². The first-order valence-corrected chi connectivity index (χ1v) is 10.5. The average molecular weight is 349 g/mol. The van der Waals surface area contributed by atoms with Crippen LogP contribution in [0.4, 0.5) is 0 Å². The molecule has 0 atom stereocenters. The smallest absolute Gasteiger partial charge is 0.303 e. The number of unbranched alkanes of at least 4 members (excludes halogenated alkanes) is 6. The van der Waals surface area contributed by atoms with E-state index in [0.29, 0.717) is 19.5 Å². The fraction of sp³-hybridized carbons (Fsp3) is 0.938. The summed E-state index contributed by atoms with van der Waals surface area (Å²) >= 11 is 0. The standard InChI is InChI=1S/C16H32N2O4S/c1-2-23(21,22)18-14-12-17(13-15-18)11-9-7-5-3-4-6-8-10-16(19)20/h2-15H2,1H3,(H,19,20). The van der Waals surface area contributed by atoms with E-state index in [1.807, 2.05) is 0 Å². The van der Waals surface area contributed by atoms with Crippen LogP contribution in [-0.4, -0.2) is 67.2 Å². The Labute approximate surface area is 140 Å². The number of piperazine rings is 1. The van der Waals surface area contributed by atoms with Gasteiger partial charge in [-0.15, -0.1) is 0 Å². The first kappa shape index (κ1) is 20.4. The Hall–Kier alpha value is -0.660. The number of aliphatic carboxylic acids is 1. The first-order valence-electron chi connectivity index (χ1n) is 8.87. The van der Waals surface area contributed by atoms with Crippen LogP contribution in [0, 0.1) is 0 Å². The van der Waals surface area contributed by atoms with Crippen LogP contribution in [0.3, 0.4) is 0 Å². The zero-order chi connectivity index (χ0) is 17.1. The van der Waals surface area contributed by atoms with Crippen LogP contribution < -0.4 is 0 Å². The summed E-state index contributed by atoms with van der Waals surface area (Å²) < 4.78 is 25.2. The van der Waals surface area contributed by atoms with E-state index in [-0.39, 0.29) is 5.75 Å². The van der Waals surface area contributed by atoms with Crippen molar-refractivity contribution in [1.82, 2.24) is 9.21 Å². The minimum Gasteiger partial charge on any atom is -0.481 e. The highest BCUT2D eigenvalue weighted by molar-refractivity contribution is 7.89. The van der Waals surface area contributed by atoms with Gasteiger partial charge >= 0.3 is 5.97 Å². The SMILES string of the molecule is CCS(=O)(=O)N1CCN(CCCCCCCCCC(=O)O)CC1. The molecule has 0 amide bonds. The van der Waals surface area contributed by atoms with Crippen molar-refractivity contribution in [2.24, 2.45) is 0 Å². The van der Waals surface area contributed by atoms with Gasteiger partial charge in [0, 0.05) is 32.6 Å². The normalized spacial score (nSPS) is 17.4. The van der Waals surface area contributed by atoms with Gasteiger partial charge in [-0.25, -0.2) is 8.42 Å². The number of carbonyl (C=O) groups is 1. The molecule has 0 aromatic rings. The highest BCUT2D eigenvalue weighted by atomic mass is 32.2. The third-order valence-corrected chi connectivity index (χ3v) is 6.34. The van der Waals surface area contributed by atoms with Crippen molar-refractivity contribution in [2.75, 3.05) is 38.5 Å². The van der Waals surface area contributed by atoms with Crippen molar-refractivity contribution >= 4 is 16.0 Å². The molecule has 0 bridgehead atoms. The Morgan fingerprint density at radius 2 is 1.43 bits per heavy atom. The van der Waals surface area contributed by atoms with Gasteiger partial charge in [-0.2, -0.15) is 4.31 Å². The molecular formula is C16H32N2O4S. The van der Waals surface area contributed by atoms with Gasteiger partial charge in [0.15, 0.2) is 0 Å². The number of nitrogens with zero attached hydrogens (tertiary/aromatic N) is 2. The quantitative estimate of drug-likeness (QED) is 0.547. The second-order valence-electron chi connectivity index (χ2n) is 6.26. The summed E-state index contributed by atoms with van der Waals surface area (Å²) in [5.41, 5.74) is 0. The van der Waals surface area contributed by atoms with Crippen LogP contribution in [0.1, 0.15) is 58.3 Å². The molecule has 23 heavy (non-hydrogen) atoms. The lowest BCUT2D eigenvalue weighted by atomic mass is 10.1. The summed E-state index contributed by atoms with van der Waals surface area (Å²) in [5.74, 6) is -0.503. The van der Waals surface area contributed by atoms with Crippen molar-refractivity contribution in [3.63, 3.8) is 0 Å². The van der Waals surface area contributed by atoms with Crippen molar-refractivity contribution in [1.29, 1.82) is 0 Å². The average Bonchev–Trinajstić information content (AvgIpc) is 2.53. The molecule has 1 N–H and O–H groups in total. The lowest BCUT2D eigenvalue weighted by Gasteiger charge is -2.33. The zero-order valence-corrected chi connectivity index (χ0v) is 15.2. The van der Waals surface area contributed by atoms with E-state index in [1.165, 1.54) is 19.3 Å². The second kappa shape index (κ2) is 11.0. The Balaban J connectivity index is 1.97. The topological polar surface area (TPSA) is 77.9 Å². The van der Waals surface area contributed by atoms with Crippen molar-refractivity contribution in [2.45, 2.75) is 58.3 Å². The second-order valence-corrected chi connectivity index (χ2v) is 8.52. The van der Waals surface area contributed by atoms with Crippen molar-refractivity contribution < 1.29 is 18.3 Å². The van der Waals surface area contributed by atoms with E-state index in [0.717, 1.165) is 45.3 Å². The molecule has 1 fully saturated rings. The van der Waals surface area contributed by atoms with Gasteiger partial charge in [0.2, 0.25) is 10.0 Å². The molecule has 0 radical (unpaired) electrons. The first-order chi connectivity index (χ1) is 11.0. The van der Waals surface area contributed by atoms with Crippen molar-refractivity contribution in [3.8, 4) is 0 Å². The summed E-state index contributed by atoms with van der Waals surface area (Å²) in [4.78, 5) is 12.7. The highest BCUT2D eigenvalue weighted by Crippen LogP contribution is 2.11. The van der Waals surface area contributed by atoms with Crippen LogP contribution in [-0.2, 0) is 14.8 Å². The largest absolute Gasteiger partial charge is 0.481 e. The van der Waals surface area contributed by atoms with Gasteiger partial charge < -0.3 is 10.0 Å². The van der Waals surface area contributed by atoms with Crippen LogP contribution in [0.15, 0.2) is 0 Å². The Kier molecular flexibility index (Phi) is 9.74. The van der Waals surface area contributed by atoms with Gasteiger partial charge in [-0.1, -0.05) is 32.1 Å². The van der Waals surface area contributed by atoms with Gasteiger partial charge in [-0.05, 0) is 26.3 Å². The van der Waals surface area contributed by atoms with E-state index >= 15 is 0 Å². The maximum atomic E-state index is 11.8. The van der Waals surface area contributed by atoms with E-state index < -0.39 is 16.0 Å². The molecule has 0 aliphatic carbocycles. The Bertz CT molecular complexity index is 431. The summed E-state index contributed by atoms with van der Waals surface area (Å²) in [5, 5.41) is 8.54. The third kappa shape index (κ3) is 8.67. The molecule has 1 aliphatic rings. The van der Waals surface area contributed by atoms with Crippen LogP contribution >= 0.6 is 0 Å². The molecule has 0 aromatic carbocycles. The minimum absolute atomic E-state index is 0.194. The van der Waals surface area contributed by atoms with Gasteiger partial charge in [-0.3, -0.25) is 4.79 Å². The van der Waals surface area contributed by atoms with Crippen LogP contribution in [0.5, 0.6) is 0 Å². The van der Waals surface area contributed by atoms with Crippen LogP contribution in [0.25, 0.3) is 0 Å². The lowest BCUT2D eigenvalue weighted by Crippen LogP contribution is -2.49. The maximum absolute atomic E-state index is 11.8. The monoisotopic (exact) mass is 348 g/mol. The van der Waals surface area contributed by atoms with Gasteiger partial charge in [0.25, 0.3) is 0 Å². The number of sulfonamides is 1. The summed E-state index contributed by atoms with van der Waals surface area (Å²) in [6.07, 6.45) is 7.97. The predicted octanol–water partition coefficient (Wildman–Crippen LogP) is 2.16. The predicted molar refractivity (Wildman–Crippen MR) is 92.0 cm³/mol. The molecule has 0 spiro atoms. The Morgan fingerprint density at radius 1 is 0.913 bits per heavy atom. The fourth-order valence-electron chi connectivity index (χ4n) is 2.91. The molecule has 1 saturated heterocycles. The fourth-order valence-corrected chi connectivity index (χ4v) is 3.99. The number of hydrogen-bond acceptors (Lipinski definition) is 4. The highest BCUT2D eigenvalue weighted by Gasteiger charge is 2.24. The lowest BCUT2D eigenvalue weighted by molar-refractivity contribution is -0.137. The summed E-state index contributed by atoms with van der Waals surface area (Å²) in [6, 6.07) is 0. The molecule has 1 aliphatic heterocycles. The van der Waals surface area contributed by atoms with Crippen molar-refractivity contribution in [3.05, 3.63) is 0 Å². The molecule has 7 heteroatoms. The number of hydrogen-bond donors (Lipinski definition) is 1. The summed E-state index contributed by atoms with van der Waals surface area (Å²) in [6.45, 7) is 5.69. The molecule has 6 nitrogen and oxygen atoms in total. The van der Waals surface area contributed by atoms with E-state index in [9.17, 15) is 13.2 Å². The van der Waals surface area contributed by atoms with Gasteiger partial charge in [0.1, 0.15) is 0 Å². The Morgan fingerprint density at radius 3 is 1.96 bits per heavy atom. The molecule has 0 unspecified atom stereocenters.